The molecule has 0 saturated heterocycles. The number of phenolic OH excluding ortho intramolecular Hbond substituents is 2. The molecule has 228 valence electrons. The highest BCUT2D eigenvalue weighted by molar-refractivity contribution is 6.04. The third-order valence-corrected chi connectivity index (χ3v) is 7.31. The third kappa shape index (κ3) is 8.80. The fourth-order valence-corrected chi connectivity index (χ4v) is 5.24. The summed E-state index contributed by atoms with van der Waals surface area (Å²) >= 11 is 0. The van der Waals surface area contributed by atoms with Crippen LogP contribution in [0.15, 0.2) is 47.6 Å². The molecule has 1 heterocycles. The van der Waals surface area contributed by atoms with Gasteiger partial charge in [-0.2, -0.15) is 0 Å². The predicted octanol–water partition coefficient (Wildman–Crippen LogP) is 4.36. The van der Waals surface area contributed by atoms with Gasteiger partial charge in [0.2, 0.25) is 0 Å². The van der Waals surface area contributed by atoms with E-state index in [0.717, 1.165) is 0 Å². The van der Waals surface area contributed by atoms with Gasteiger partial charge in [-0.05, 0) is 37.8 Å². The zero-order valence-corrected chi connectivity index (χ0v) is 25.0. The van der Waals surface area contributed by atoms with Crippen molar-refractivity contribution in [3.05, 3.63) is 53.1 Å². The molecule has 7 atom stereocenters. The number of carbonyl (C=O) groups is 2. The summed E-state index contributed by atoms with van der Waals surface area (Å²) in [7, 11) is 6.15. The highest BCUT2D eigenvalue weighted by Crippen LogP contribution is 2.41. The molecule has 1 aliphatic rings. The number of hydrogen-bond acceptors (Lipinski definition) is 9. The number of benzene rings is 1. The SMILES string of the molecule is COC1c2cc(O)cc(c2O)NC(=O)/C(C)=C/C=C\[C@H](OC)[C@@H](OC(N)=O)/C(C)=C/[C@H](C)[C@@H](OC)[C@@H](OC)C[C@@H]1C. The first-order valence-electron chi connectivity index (χ1n) is 13.4. The molecule has 0 aliphatic carbocycles. The molecule has 0 spiro atoms. The van der Waals surface area contributed by atoms with E-state index in [1.807, 2.05) is 19.9 Å². The minimum atomic E-state index is -0.961. The summed E-state index contributed by atoms with van der Waals surface area (Å²) in [4.78, 5) is 24.7. The number of primary amides is 1. The maximum Gasteiger partial charge on any atom is 0.405 e. The van der Waals surface area contributed by atoms with Crippen molar-refractivity contribution in [3.63, 3.8) is 0 Å². The molecule has 0 saturated carbocycles. The summed E-state index contributed by atoms with van der Waals surface area (Å²) in [5, 5.41) is 24.2. The number of fused-ring (bicyclic) bond motifs is 2. The number of rotatable bonds is 5. The van der Waals surface area contributed by atoms with E-state index in [2.05, 4.69) is 5.32 Å². The van der Waals surface area contributed by atoms with Crippen molar-refractivity contribution in [2.75, 3.05) is 33.8 Å². The second-order valence-electron chi connectivity index (χ2n) is 10.3. The van der Waals surface area contributed by atoms with Crippen molar-refractivity contribution in [1.82, 2.24) is 0 Å². The van der Waals surface area contributed by atoms with Crippen molar-refractivity contribution in [2.45, 2.75) is 64.6 Å². The van der Waals surface area contributed by atoms with Gasteiger partial charge in [-0.15, -0.1) is 0 Å². The maximum absolute atomic E-state index is 12.9. The number of hydrogen-bond donors (Lipinski definition) is 4. The highest BCUT2D eigenvalue weighted by atomic mass is 16.6. The van der Waals surface area contributed by atoms with E-state index < -0.39 is 42.5 Å². The van der Waals surface area contributed by atoms with E-state index in [-0.39, 0.29) is 29.0 Å². The zero-order valence-electron chi connectivity index (χ0n) is 25.0. The van der Waals surface area contributed by atoms with Crippen LogP contribution in [0.3, 0.4) is 0 Å². The molecule has 11 nitrogen and oxygen atoms in total. The van der Waals surface area contributed by atoms with Gasteiger partial charge in [0.25, 0.3) is 5.91 Å². The van der Waals surface area contributed by atoms with Gasteiger partial charge < -0.3 is 44.9 Å². The number of allylic oxidation sites excluding steroid dienone is 2. The van der Waals surface area contributed by atoms with Crippen LogP contribution in [0.4, 0.5) is 10.5 Å². The van der Waals surface area contributed by atoms with Crippen LogP contribution >= 0.6 is 0 Å². The first-order valence-corrected chi connectivity index (χ1v) is 13.4. The summed E-state index contributed by atoms with van der Waals surface area (Å²) in [6, 6.07) is 2.68. The molecule has 1 aromatic carbocycles. The van der Waals surface area contributed by atoms with Gasteiger partial charge in [0.1, 0.15) is 17.6 Å². The first-order chi connectivity index (χ1) is 19.4. The Hall–Kier alpha value is -3.38. The smallest absolute Gasteiger partial charge is 0.405 e. The lowest BCUT2D eigenvalue weighted by molar-refractivity contribution is -0.112. The third-order valence-electron chi connectivity index (χ3n) is 7.31. The van der Waals surface area contributed by atoms with Crippen molar-refractivity contribution < 1.29 is 43.5 Å². The van der Waals surface area contributed by atoms with Gasteiger partial charge in [-0.3, -0.25) is 4.79 Å². The second kappa shape index (κ2) is 15.6. The van der Waals surface area contributed by atoms with E-state index >= 15 is 0 Å². The highest BCUT2D eigenvalue weighted by Gasteiger charge is 2.33. The Morgan fingerprint density at radius 2 is 1.68 bits per heavy atom. The van der Waals surface area contributed by atoms with Gasteiger partial charge in [-0.25, -0.2) is 4.79 Å². The molecular weight excluding hydrogens is 532 g/mol. The predicted molar refractivity (Wildman–Crippen MR) is 155 cm³/mol. The number of amides is 2. The largest absolute Gasteiger partial charge is 0.508 e. The maximum atomic E-state index is 12.9. The van der Waals surface area contributed by atoms with Crippen LogP contribution in [0, 0.1) is 11.8 Å². The Bertz CT molecular complexity index is 1150. The van der Waals surface area contributed by atoms with Gasteiger partial charge in [0.15, 0.2) is 6.10 Å². The fourth-order valence-electron chi connectivity index (χ4n) is 5.24. The van der Waals surface area contributed by atoms with Crippen molar-refractivity contribution in [1.29, 1.82) is 0 Å². The molecule has 5 N–H and O–H groups in total. The molecule has 11 heteroatoms. The average molecular weight is 577 g/mol. The number of anilines is 1. The van der Waals surface area contributed by atoms with Gasteiger partial charge >= 0.3 is 6.09 Å². The van der Waals surface area contributed by atoms with Crippen LogP contribution < -0.4 is 11.1 Å². The summed E-state index contributed by atoms with van der Waals surface area (Å²) < 4.78 is 28.6. The monoisotopic (exact) mass is 576 g/mol. The molecule has 2 amide bonds. The van der Waals surface area contributed by atoms with Gasteiger partial charge in [0.05, 0.1) is 24.0 Å². The van der Waals surface area contributed by atoms with E-state index in [9.17, 15) is 19.8 Å². The summed E-state index contributed by atoms with van der Waals surface area (Å²) in [6.07, 6.45) is 3.14. The molecule has 2 bridgehead atoms. The standard InChI is InChI=1S/C30H44N2O9/c1-16-10-9-11-23(37-5)28(41-30(31)36)18(3)12-17(2)27(40-8)24(38-6)13-19(4)26(39-7)21-14-20(33)15-22(25(21)34)32-29(16)35/h9-12,14-15,17,19,23-24,26-28,33-34H,13H2,1-8H3,(H2,31,36)(H,32,35)/b11-9-,16-10+,18-12+/t17-,19-,23-,24-,26?,27+,28-/m0/s1. The van der Waals surface area contributed by atoms with Crippen molar-refractivity contribution in [3.8, 4) is 11.5 Å². The lowest BCUT2D eigenvalue weighted by Crippen LogP contribution is -2.38. The summed E-state index contributed by atoms with van der Waals surface area (Å²) in [5.74, 6) is -1.30. The Morgan fingerprint density at radius 1 is 1.00 bits per heavy atom. The van der Waals surface area contributed by atoms with Crippen molar-refractivity contribution in [2.24, 2.45) is 17.6 Å². The molecule has 0 aromatic heterocycles. The normalized spacial score (nSPS) is 31.7. The molecule has 1 aromatic rings. The van der Waals surface area contributed by atoms with E-state index in [4.69, 9.17) is 29.4 Å². The van der Waals surface area contributed by atoms with Gasteiger partial charge in [-0.1, -0.05) is 38.2 Å². The quantitative estimate of drug-likeness (QED) is 0.227. The first kappa shape index (κ1) is 33.8. The summed E-state index contributed by atoms with van der Waals surface area (Å²) in [6.45, 7) is 7.29. The number of methoxy groups -OCH3 is 4. The van der Waals surface area contributed by atoms with Crippen LogP contribution in [0.1, 0.15) is 45.8 Å². The number of aromatic hydroxyl groups is 2. The Kier molecular flexibility index (Phi) is 12.8. The number of ether oxygens (including phenoxy) is 5. The molecule has 2 rings (SSSR count). The van der Waals surface area contributed by atoms with Crippen LogP contribution in [0.2, 0.25) is 0 Å². The Morgan fingerprint density at radius 3 is 2.24 bits per heavy atom. The average Bonchev–Trinajstić information content (AvgIpc) is 2.91. The van der Waals surface area contributed by atoms with E-state index in [1.54, 1.807) is 46.3 Å². The molecule has 0 radical (unpaired) electrons. The molecule has 1 unspecified atom stereocenters. The zero-order chi connectivity index (χ0) is 30.9. The number of carbonyl (C=O) groups excluding carboxylic acids is 2. The van der Waals surface area contributed by atoms with Crippen LogP contribution in [-0.2, 0) is 28.5 Å². The lowest BCUT2D eigenvalue weighted by atomic mass is 9.86. The fraction of sp³-hybridized carbons (Fsp3) is 0.533. The number of nitrogens with one attached hydrogen (secondary N) is 1. The number of phenols is 2. The second-order valence-corrected chi connectivity index (χ2v) is 10.3. The van der Waals surface area contributed by atoms with Crippen LogP contribution in [0.25, 0.3) is 0 Å². The Labute approximate surface area is 241 Å². The van der Waals surface area contributed by atoms with Crippen molar-refractivity contribution >= 4 is 17.7 Å². The number of nitrogens with two attached hydrogens (primary N) is 1. The van der Waals surface area contributed by atoms with E-state index in [1.165, 1.54) is 26.4 Å². The molecule has 41 heavy (non-hydrogen) atoms. The van der Waals surface area contributed by atoms with E-state index in [0.29, 0.717) is 23.1 Å². The minimum Gasteiger partial charge on any atom is -0.508 e. The molecule has 1 aliphatic heterocycles. The molecule has 0 fully saturated rings. The van der Waals surface area contributed by atoms with Crippen LogP contribution in [0.5, 0.6) is 11.5 Å². The topological polar surface area (TPSA) is 159 Å². The molecular formula is C30H44N2O9. The van der Waals surface area contributed by atoms with Gasteiger partial charge in [0, 0.05) is 51.6 Å². The minimum absolute atomic E-state index is 0.0325. The lowest BCUT2D eigenvalue weighted by Gasteiger charge is -2.33. The summed E-state index contributed by atoms with van der Waals surface area (Å²) in [5.41, 5.74) is 6.71. The Balaban J connectivity index is 2.71. The van der Waals surface area contributed by atoms with Crippen LogP contribution in [-0.4, -0.2) is 75.1 Å².